The second-order valence-electron chi connectivity index (χ2n) is 7.11. The summed E-state index contributed by atoms with van der Waals surface area (Å²) in [6.07, 6.45) is 1.90. The van der Waals surface area contributed by atoms with Crippen molar-refractivity contribution >= 4 is 23.3 Å². The molecule has 1 amide bonds. The van der Waals surface area contributed by atoms with Gasteiger partial charge in [0, 0.05) is 30.2 Å². The number of aromatic nitrogens is 2. The summed E-state index contributed by atoms with van der Waals surface area (Å²) in [5.41, 5.74) is 2.53. The molecule has 0 unspecified atom stereocenters. The maximum absolute atomic E-state index is 12.8. The predicted octanol–water partition coefficient (Wildman–Crippen LogP) is 4.14. The molecule has 29 heavy (non-hydrogen) atoms. The van der Waals surface area contributed by atoms with Gasteiger partial charge in [-0.15, -0.1) is 0 Å². The molecule has 0 bridgehead atoms. The predicted molar refractivity (Wildman–Crippen MR) is 115 cm³/mol. The number of hydrogen-bond donors (Lipinski definition) is 2. The number of rotatable bonds is 5. The van der Waals surface area contributed by atoms with Gasteiger partial charge in [-0.2, -0.15) is 5.10 Å². The lowest BCUT2D eigenvalue weighted by Crippen LogP contribution is -2.48. The topological polar surface area (TPSA) is 70.2 Å². The number of nitrogens with zero attached hydrogens (tertiary/aromatic N) is 2. The fourth-order valence-electron chi connectivity index (χ4n) is 3.66. The molecule has 0 saturated carbocycles. The summed E-state index contributed by atoms with van der Waals surface area (Å²) in [4.78, 5) is 15.0. The number of anilines is 1. The van der Waals surface area contributed by atoms with E-state index in [0.717, 1.165) is 36.5 Å². The van der Waals surface area contributed by atoms with Crippen molar-refractivity contribution in [2.75, 3.05) is 25.1 Å². The number of nitrogens with one attached hydrogen (secondary N) is 2. The molecule has 3 aromatic rings. The van der Waals surface area contributed by atoms with Crippen LogP contribution in [-0.4, -0.2) is 42.3 Å². The first-order chi connectivity index (χ1) is 14.1. The Morgan fingerprint density at radius 2 is 2.07 bits per heavy atom. The number of piperidine rings is 1. The van der Waals surface area contributed by atoms with E-state index in [9.17, 15) is 4.79 Å². The Labute approximate surface area is 174 Å². The normalized spacial score (nSPS) is 16.5. The minimum atomic E-state index is -0.178. The number of ether oxygens (including phenoxy) is 1. The van der Waals surface area contributed by atoms with Gasteiger partial charge in [-0.05, 0) is 36.6 Å². The highest BCUT2D eigenvalue weighted by atomic mass is 35.5. The Bertz CT molecular complexity index is 989. The number of aromatic amines is 1. The van der Waals surface area contributed by atoms with Crippen molar-refractivity contribution in [1.82, 2.24) is 15.5 Å². The largest absolute Gasteiger partial charge is 0.496 e. The maximum atomic E-state index is 12.8. The van der Waals surface area contributed by atoms with Crippen molar-refractivity contribution in [2.45, 2.75) is 18.9 Å². The Hall–Kier alpha value is -2.99. The molecule has 0 radical (unpaired) electrons. The number of methoxy groups -OCH3 is 1. The number of hydrogen-bond acceptors (Lipinski definition) is 4. The van der Waals surface area contributed by atoms with Crippen LogP contribution in [0.1, 0.15) is 23.2 Å². The smallest absolute Gasteiger partial charge is 0.255 e. The van der Waals surface area contributed by atoms with Crippen LogP contribution in [0, 0.1) is 0 Å². The summed E-state index contributed by atoms with van der Waals surface area (Å²) < 4.78 is 5.30. The second kappa shape index (κ2) is 8.57. The zero-order valence-electron chi connectivity index (χ0n) is 16.2. The van der Waals surface area contributed by atoms with Gasteiger partial charge < -0.3 is 15.0 Å². The average Bonchev–Trinajstić information content (AvgIpc) is 3.25. The molecule has 0 spiro atoms. The lowest BCUT2D eigenvalue weighted by molar-refractivity contribution is 0.0930. The SMILES string of the molecule is COc1ccc(Cl)cc1C(=O)N[C@@H]1CCCN(c2cc(-c3ccccc3)[nH]n2)C1. The molecule has 2 N–H and O–H groups in total. The summed E-state index contributed by atoms with van der Waals surface area (Å²) in [7, 11) is 1.55. The zero-order chi connectivity index (χ0) is 20.2. The first kappa shape index (κ1) is 19.3. The summed E-state index contributed by atoms with van der Waals surface area (Å²) in [5.74, 6) is 1.23. The number of halogens is 1. The quantitative estimate of drug-likeness (QED) is 0.663. The van der Waals surface area contributed by atoms with E-state index in [1.807, 2.05) is 18.2 Å². The van der Waals surface area contributed by atoms with Crippen LogP contribution in [0.5, 0.6) is 5.75 Å². The maximum Gasteiger partial charge on any atom is 0.255 e. The number of carbonyl (C=O) groups is 1. The molecule has 1 saturated heterocycles. The highest BCUT2D eigenvalue weighted by molar-refractivity contribution is 6.31. The van der Waals surface area contributed by atoms with Crippen LogP contribution >= 0.6 is 11.6 Å². The van der Waals surface area contributed by atoms with Crippen LogP contribution in [0.4, 0.5) is 5.82 Å². The molecule has 6 nitrogen and oxygen atoms in total. The zero-order valence-corrected chi connectivity index (χ0v) is 16.9. The van der Waals surface area contributed by atoms with Gasteiger partial charge in [-0.25, -0.2) is 0 Å². The number of H-pyrrole nitrogens is 1. The molecule has 150 valence electrons. The van der Waals surface area contributed by atoms with Gasteiger partial charge in [-0.3, -0.25) is 9.89 Å². The van der Waals surface area contributed by atoms with E-state index in [4.69, 9.17) is 16.3 Å². The van der Waals surface area contributed by atoms with Gasteiger partial charge in [0.1, 0.15) is 5.75 Å². The number of benzene rings is 2. The standard InChI is InChI=1S/C22H23ClN4O2/c1-29-20-10-9-16(23)12-18(20)22(28)24-17-8-5-11-27(14-17)21-13-19(25-26-21)15-6-3-2-4-7-15/h2-4,6-7,9-10,12-13,17H,5,8,11,14H2,1H3,(H,24,28)(H,25,26)/t17-/m1/s1. The van der Waals surface area contributed by atoms with Crippen LogP contribution in [-0.2, 0) is 0 Å². The van der Waals surface area contributed by atoms with Crippen molar-refractivity contribution < 1.29 is 9.53 Å². The van der Waals surface area contributed by atoms with Gasteiger partial charge in [0.05, 0.1) is 18.4 Å². The molecule has 4 rings (SSSR count). The molecule has 7 heteroatoms. The van der Waals surface area contributed by atoms with Crippen molar-refractivity contribution in [2.24, 2.45) is 0 Å². The van der Waals surface area contributed by atoms with Gasteiger partial charge in [-0.1, -0.05) is 41.9 Å². The van der Waals surface area contributed by atoms with Crippen LogP contribution in [0.15, 0.2) is 54.6 Å². The minimum Gasteiger partial charge on any atom is -0.496 e. The van der Waals surface area contributed by atoms with Crippen molar-refractivity contribution in [3.8, 4) is 17.0 Å². The van der Waals surface area contributed by atoms with Crippen LogP contribution < -0.4 is 15.0 Å². The fraction of sp³-hybridized carbons (Fsp3) is 0.273. The van der Waals surface area contributed by atoms with Gasteiger partial charge in [0.15, 0.2) is 5.82 Å². The third kappa shape index (κ3) is 4.38. The first-order valence-corrected chi connectivity index (χ1v) is 10.0. The van der Waals surface area contributed by atoms with E-state index in [-0.39, 0.29) is 11.9 Å². The Morgan fingerprint density at radius 1 is 1.24 bits per heavy atom. The van der Waals surface area contributed by atoms with Gasteiger partial charge in [0.25, 0.3) is 5.91 Å². The third-order valence-electron chi connectivity index (χ3n) is 5.14. The molecule has 1 aliphatic heterocycles. The van der Waals surface area contributed by atoms with E-state index < -0.39 is 0 Å². The molecule has 2 aromatic carbocycles. The monoisotopic (exact) mass is 410 g/mol. The molecular weight excluding hydrogens is 388 g/mol. The third-order valence-corrected chi connectivity index (χ3v) is 5.37. The van der Waals surface area contributed by atoms with Gasteiger partial charge in [0.2, 0.25) is 0 Å². The Kier molecular flexibility index (Phi) is 5.71. The van der Waals surface area contributed by atoms with Crippen molar-refractivity contribution in [3.05, 3.63) is 65.2 Å². The van der Waals surface area contributed by atoms with Crippen LogP contribution in [0.25, 0.3) is 11.3 Å². The highest BCUT2D eigenvalue weighted by Gasteiger charge is 2.24. The average molecular weight is 411 g/mol. The van der Waals surface area contributed by atoms with Crippen molar-refractivity contribution in [3.63, 3.8) is 0 Å². The summed E-state index contributed by atoms with van der Waals surface area (Å²) in [6, 6.07) is 17.2. The minimum absolute atomic E-state index is 0.0248. The van der Waals surface area contributed by atoms with E-state index in [1.54, 1.807) is 25.3 Å². The van der Waals surface area contributed by atoms with E-state index in [1.165, 1.54) is 0 Å². The van der Waals surface area contributed by atoms with Crippen LogP contribution in [0.3, 0.4) is 0 Å². The first-order valence-electron chi connectivity index (χ1n) is 9.64. The molecule has 0 aliphatic carbocycles. The molecule has 2 heterocycles. The molecular formula is C22H23ClN4O2. The summed E-state index contributed by atoms with van der Waals surface area (Å²) in [5, 5.41) is 11.2. The summed E-state index contributed by atoms with van der Waals surface area (Å²) >= 11 is 6.06. The lowest BCUT2D eigenvalue weighted by Gasteiger charge is -2.33. The van der Waals surface area contributed by atoms with E-state index in [0.29, 0.717) is 22.9 Å². The number of carbonyl (C=O) groups excluding carboxylic acids is 1. The highest BCUT2D eigenvalue weighted by Crippen LogP contribution is 2.25. The van der Waals surface area contributed by atoms with E-state index in [2.05, 4.69) is 38.6 Å². The number of amides is 1. The lowest BCUT2D eigenvalue weighted by atomic mass is 10.0. The fourth-order valence-corrected chi connectivity index (χ4v) is 3.83. The van der Waals surface area contributed by atoms with Crippen LogP contribution in [0.2, 0.25) is 5.02 Å². The van der Waals surface area contributed by atoms with E-state index >= 15 is 0 Å². The molecule has 1 fully saturated rings. The van der Waals surface area contributed by atoms with Crippen molar-refractivity contribution in [1.29, 1.82) is 0 Å². The molecule has 1 aliphatic rings. The summed E-state index contributed by atoms with van der Waals surface area (Å²) in [6.45, 7) is 1.61. The van der Waals surface area contributed by atoms with Gasteiger partial charge >= 0.3 is 0 Å². The Morgan fingerprint density at radius 3 is 2.86 bits per heavy atom. The Balaban J connectivity index is 1.45. The molecule has 1 aromatic heterocycles. The molecule has 1 atom stereocenters. The second-order valence-corrected chi connectivity index (χ2v) is 7.55.